The molecule has 2 N–H and O–H groups in total. The van der Waals surface area contributed by atoms with Gasteiger partial charge in [0.25, 0.3) is 0 Å². The van der Waals surface area contributed by atoms with E-state index in [1.165, 1.54) is 10.4 Å². The van der Waals surface area contributed by atoms with Gasteiger partial charge in [0.2, 0.25) is 0 Å². The molecule has 0 bridgehead atoms. The van der Waals surface area contributed by atoms with Gasteiger partial charge in [-0.05, 0) is 19.4 Å². The van der Waals surface area contributed by atoms with Gasteiger partial charge in [0, 0.05) is 29.7 Å². The minimum Gasteiger partial charge on any atom is -0.375 e. The van der Waals surface area contributed by atoms with Crippen molar-refractivity contribution in [1.82, 2.24) is 9.88 Å². The quantitative estimate of drug-likeness (QED) is 0.929. The zero-order valence-electron chi connectivity index (χ0n) is 12.9. The third-order valence-electron chi connectivity index (χ3n) is 3.97. The van der Waals surface area contributed by atoms with Crippen LogP contribution >= 0.6 is 23.7 Å². The van der Waals surface area contributed by atoms with E-state index in [-0.39, 0.29) is 24.0 Å². The van der Waals surface area contributed by atoms with Gasteiger partial charge in [-0.15, -0.1) is 23.7 Å². The molecule has 1 atom stereocenters. The first-order valence-corrected chi connectivity index (χ1v) is 7.98. The summed E-state index contributed by atoms with van der Waals surface area (Å²) in [5, 5.41) is 0.635. The number of halogens is 1. The maximum absolute atomic E-state index is 6.07. The van der Waals surface area contributed by atoms with Gasteiger partial charge in [-0.3, -0.25) is 4.90 Å². The van der Waals surface area contributed by atoms with Crippen LogP contribution in [0.3, 0.4) is 0 Å². The molecule has 1 aromatic heterocycles. The van der Waals surface area contributed by atoms with Crippen molar-refractivity contribution in [3.05, 3.63) is 47.0 Å². The van der Waals surface area contributed by atoms with Crippen LogP contribution in [0.1, 0.15) is 30.4 Å². The van der Waals surface area contributed by atoms with Gasteiger partial charge in [-0.1, -0.05) is 30.3 Å². The molecule has 1 fully saturated rings. The Morgan fingerprint density at radius 3 is 2.73 bits per heavy atom. The Morgan fingerprint density at radius 1 is 1.36 bits per heavy atom. The lowest BCUT2D eigenvalue weighted by Gasteiger charge is -2.45. The normalized spacial score (nSPS) is 21.3. The Hall–Kier alpha value is -1.14. The zero-order chi connectivity index (χ0) is 14.9. The Bertz CT molecular complexity index is 602. The lowest BCUT2D eigenvalue weighted by Crippen LogP contribution is -2.53. The van der Waals surface area contributed by atoms with E-state index in [0.717, 1.165) is 19.7 Å². The van der Waals surface area contributed by atoms with Crippen molar-refractivity contribution in [1.29, 1.82) is 0 Å². The van der Waals surface area contributed by atoms with E-state index in [0.29, 0.717) is 5.13 Å². The van der Waals surface area contributed by atoms with Crippen molar-refractivity contribution in [2.75, 3.05) is 18.9 Å². The summed E-state index contributed by atoms with van der Waals surface area (Å²) < 4.78 is 6.07. The standard InChI is InChI=1S/C16H21N3OS.ClH/c1-16(2)11-20-14(12-6-4-3-5-7-12)10-19(16)9-13-8-18-15(17)21-13;/h3-8,14H,9-11H2,1-2H3,(H2,17,18);1H. The third kappa shape index (κ3) is 3.79. The molecule has 1 aliphatic rings. The van der Waals surface area contributed by atoms with Gasteiger partial charge < -0.3 is 10.5 Å². The van der Waals surface area contributed by atoms with Crippen LogP contribution in [0.4, 0.5) is 5.13 Å². The number of thiazole rings is 1. The average molecular weight is 340 g/mol. The number of aromatic nitrogens is 1. The van der Waals surface area contributed by atoms with Gasteiger partial charge >= 0.3 is 0 Å². The second-order valence-corrected chi connectivity index (χ2v) is 7.21. The van der Waals surface area contributed by atoms with Crippen molar-refractivity contribution in [3.63, 3.8) is 0 Å². The highest BCUT2D eigenvalue weighted by Gasteiger charge is 2.35. The molecular weight excluding hydrogens is 318 g/mol. The molecule has 0 radical (unpaired) electrons. The number of nitrogen functional groups attached to an aromatic ring is 1. The van der Waals surface area contributed by atoms with Gasteiger partial charge in [0.15, 0.2) is 5.13 Å². The van der Waals surface area contributed by atoms with E-state index in [1.54, 1.807) is 11.3 Å². The summed E-state index contributed by atoms with van der Waals surface area (Å²) in [6, 6.07) is 10.4. The van der Waals surface area contributed by atoms with Gasteiger partial charge in [-0.2, -0.15) is 0 Å². The number of ether oxygens (including phenoxy) is 1. The number of nitrogens with zero attached hydrogens (tertiary/aromatic N) is 2. The number of nitrogens with two attached hydrogens (primary N) is 1. The Morgan fingerprint density at radius 2 is 2.09 bits per heavy atom. The molecule has 120 valence electrons. The first-order valence-electron chi connectivity index (χ1n) is 7.16. The number of benzene rings is 1. The molecule has 1 unspecified atom stereocenters. The molecule has 2 aromatic rings. The van der Waals surface area contributed by atoms with Gasteiger partial charge in [-0.25, -0.2) is 4.98 Å². The monoisotopic (exact) mass is 339 g/mol. The smallest absolute Gasteiger partial charge is 0.180 e. The average Bonchev–Trinajstić information content (AvgIpc) is 2.87. The summed E-state index contributed by atoms with van der Waals surface area (Å²) >= 11 is 1.56. The fraction of sp³-hybridized carbons (Fsp3) is 0.438. The van der Waals surface area contributed by atoms with Crippen molar-refractivity contribution in [3.8, 4) is 0 Å². The fourth-order valence-corrected chi connectivity index (χ4v) is 3.33. The minimum absolute atomic E-state index is 0. The lowest BCUT2D eigenvalue weighted by molar-refractivity contribution is -0.104. The third-order valence-corrected chi connectivity index (χ3v) is 4.78. The Balaban J connectivity index is 0.00000176. The first kappa shape index (κ1) is 17.2. The van der Waals surface area contributed by atoms with E-state index >= 15 is 0 Å². The molecule has 1 aliphatic heterocycles. The predicted molar refractivity (Wildman–Crippen MR) is 93.4 cm³/mol. The molecule has 2 heterocycles. The van der Waals surface area contributed by atoms with Crippen LogP contribution in [0.2, 0.25) is 0 Å². The van der Waals surface area contributed by atoms with E-state index in [1.807, 2.05) is 12.3 Å². The first-order chi connectivity index (χ1) is 10.0. The molecule has 1 aromatic carbocycles. The van der Waals surface area contributed by atoms with E-state index in [9.17, 15) is 0 Å². The van der Waals surface area contributed by atoms with Crippen LogP contribution < -0.4 is 5.73 Å². The molecule has 0 spiro atoms. The highest BCUT2D eigenvalue weighted by Crippen LogP contribution is 2.32. The highest BCUT2D eigenvalue weighted by atomic mass is 35.5. The van der Waals surface area contributed by atoms with Crippen LogP contribution in [0.25, 0.3) is 0 Å². The molecule has 0 aliphatic carbocycles. The van der Waals surface area contributed by atoms with Crippen LogP contribution in [0.5, 0.6) is 0 Å². The van der Waals surface area contributed by atoms with Crippen LogP contribution in [0, 0.1) is 0 Å². The summed E-state index contributed by atoms with van der Waals surface area (Å²) in [5.74, 6) is 0. The predicted octanol–water partition coefficient (Wildman–Crippen LogP) is 3.50. The minimum atomic E-state index is 0. The molecule has 4 nitrogen and oxygen atoms in total. The summed E-state index contributed by atoms with van der Waals surface area (Å²) in [7, 11) is 0. The zero-order valence-corrected chi connectivity index (χ0v) is 14.5. The molecule has 0 amide bonds. The van der Waals surface area contributed by atoms with Crippen LogP contribution in [0.15, 0.2) is 36.5 Å². The van der Waals surface area contributed by atoms with E-state index < -0.39 is 0 Å². The van der Waals surface area contributed by atoms with Crippen molar-refractivity contribution in [2.45, 2.75) is 32.0 Å². The van der Waals surface area contributed by atoms with Crippen molar-refractivity contribution in [2.24, 2.45) is 0 Å². The maximum atomic E-state index is 6.07. The number of hydrogen-bond acceptors (Lipinski definition) is 5. The Labute approximate surface area is 141 Å². The Kier molecular flexibility index (Phi) is 5.45. The maximum Gasteiger partial charge on any atom is 0.180 e. The van der Waals surface area contributed by atoms with Crippen molar-refractivity contribution < 1.29 is 4.74 Å². The molecule has 1 saturated heterocycles. The number of hydrogen-bond donors (Lipinski definition) is 1. The molecule has 0 saturated carbocycles. The van der Waals surface area contributed by atoms with Gasteiger partial charge in [0.05, 0.1) is 12.7 Å². The topological polar surface area (TPSA) is 51.4 Å². The molecule has 6 heteroatoms. The SMILES string of the molecule is CC1(C)COC(c2ccccc2)CN1Cc1cnc(N)s1.Cl. The second-order valence-electron chi connectivity index (χ2n) is 6.07. The molecule has 22 heavy (non-hydrogen) atoms. The highest BCUT2D eigenvalue weighted by molar-refractivity contribution is 7.15. The second kappa shape index (κ2) is 6.96. The van der Waals surface area contributed by atoms with E-state index in [2.05, 4.69) is 48.0 Å². The van der Waals surface area contributed by atoms with Crippen LogP contribution in [-0.2, 0) is 11.3 Å². The number of morpholine rings is 1. The largest absolute Gasteiger partial charge is 0.375 e. The summed E-state index contributed by atoms with van der Waals surface area (Å²) in [6.07, 6.45) is 2.01. The number of rotatable bonds is 3. The summed E-state index contributed by atoms with van der Waals surface area (Å²) in [6.45, 7) is 6.92. The van der Waals surface area contributed by atoms with Crippen molar-refractivity contribution >= 4 is 28.9 Å². The summed E-state index contributed by atoms with van der Waals surface area (Å²) in [4.78, 5) is 7.81. The summed E-state index contributed by atoms with van der Waals surface area (Å²) in [5.41, 5.74) is 6.99. The van der Waals surface area contributed by atoms with E-state index in [4.69, 9.17) is 10.5 Å². The fourth-order valence-electron chi connectivity index (χ4n) is 2.63. The molecular formula is C16H22ClN3OS. The number of anilines is 1. The van der Waals surface area contributed by atoms with Gasteiger partial charge in [0.1, 0.15) is 0 Å². The molecule has 3 rings (SSSR count). The lowest BCUT2D eigenvalue weighted by atomic mass is 9.98. The van der Waals surface area contributed by atoms with Crippen LogP contribution in [-0.4, -0.2) is 28.6 Å².